The monoisotopic (exact) mass is 524 g/mol. The maximum Gasteiger partial charge on any atom is 5.00 e. The van der Waals surface area contributed by atoms with Gasteiger partial charge in [-0.3, -0.25) is 0 Å². The van der Waals surface area contributed by atoms with E-state index in [0.717, 1.165) is 19.3 Å². The molecule has 0 unspecified atom stereocenters. The van der Waals surface area contributed by atoms with E-state index >= 15 is 0 Å². The largest absolute Gasteiger partial charge is 5.00 e. The normalized spacial score (nSPS) is 22.0. The summed E-state index contributed by atoms with van der Waals surface area (Å²) in [5.41, 5.74) is 5.68. The fourth-order valence-electron chi connectivity index (χ4n) is 1.46. The van der Waals surface area contributed by atoms with Crippen molar-refractivity contribution >= 4 is 20.2 Å². The molecule has 6 N–H and O–H groups in total. The Hall–Kier alpha value is -0.711. The van der Waals surface area contributed by atoms with Crippen molar-refractivity contribution in [3.8, 4) is 6.07 Å². The molecule has 0 amide bonds. The Labute approximate surface area is 173 Å². The minimum Gasteiger partial charge on any atom is -0.741 e. The van der Waals surface area contributed by atoms with Gasteiger partial charge in [0.05, 0.1) is 6.07 Å². The van der Waals surface area contributed by atoms with Crippen LogP contribution < -0.4 is 17.2 Å². The second-order valence-electron chi connectivity index (χ2n) is 5.01. The van der Waals surface area contributed by atoms with Crippen LogP contribution in [0.2, 0.25) is 0 Å². The van der Waals surface area contributed by atoms with Gasteiger partial charge in [0.1, 0.15) is 0 Å². The van der Waals surface area contributed by atoms with Gasteiger partial charge < -0.3 is 26.3 Å². The van der Waals surface area contributed by atoms with Crippen LogP contribution in [0.4, 0.5) is 26.3 Å². The van der Waals surface area contributed by atoms with Gasteiger partial charge in [-0.15, -0.1) is 0 Å². The third kappa shape index (κ3) is 20.3. The smallest absolute Gasteiger partial charge is 0.741 e. The van der Waals surface area contributed by atoms with Crippen molar-refractivity contribution in [1.29, 1.82) is 5.26 Å². The number of hydrogen-bond donors (Lipinski definition) is 3. The van der Waals surface area contributed by atoms with Crippen LogP contribution in [0.25, 0.3) is 0 Å². The topological polar surface area (TPSA) is 216 Å². The third-order valence-corrected chi connectivity index (χ3v) is 3.52. The Morgan fingerprint density at radius 3 is 0.966 bits per heavy atom. The van der Waals surface area contributed by atoms with Crippen molar-refractivity contribution in [3.63, 3.8) is 0 Å². The Bertz CT molecular complexity index is 628. The molecule has 1 rings (SSSR count). The van der Waals surface area contributed by atoms with Gasteiger partial charge in [-0.25, -0.2) is 16.8 Å². The molecule has 10 nitrogen and oxygen atoms in total. The van der Waals surface area contributed by atoms with E-state index in [2.05, 4.69) is 0 Å². The maximum atomic E-state index is 10.7. The van der Waals surface area contributed by atoms with Gasteiger partial charge in [0.2, 0.25) is 0 Å². The number of nitrogens with two attached hydrogens (primary N) is 3. The summed E-state index contributed by atoms with van der Waals surface area (Å²) in [6, 6.07) is 2.47. The number of alkyl halides is 6. The van der Waals surface area contributed by atoms with Crippen molar-refractivity contribution in [2.45, 2.75) is 55.3 Å². The summed E-state index contributed by atoms with van der Waals surface area (Å²) in [5, 5.41) is 7.32. The van der Waals surface area contributed by atoms with Gasteiger partial charge in [-0.05, 0) is 19.3 Å². The molecule has 0 aliphatic heterocycles. The average molecular weight is 524 g/mol. The second-order valence-corrected chi connectivity index (χ2v) is 7.75. The van der Waals surface area contributed by atoms with E-state index in [1.807, 2.05) is 0 Å². The van der Waals surface area contributed by atoms with Crippen LogP contribution in [-0.2, 0) is 37.3 Å². The summed E-state index contributed by atoms with van der Waals surface area (Å²) >= 11 is 0. The molecule has 0 aromatic heterocycles. The van der Waals surface area contributed by atoms with Gasteiger partial charge >= 0.3 is 28.1 Å². The van der Waals surface area contributed by atoms with Crippen molar-refractivity contribution in [2.75, 3.05) is 0 Å². The molecular formula is C10H18F6FeN4O6S2+3. The number of nitrogens with zero attached hydrogens (tertiary/aromatic N) is 1. The first-order valence-electron chi connectivity index (χ1n) is 6.72. The SMILES string of the molecule is CC#N.NC1CC(N)CC(N)C1.O=S(=O)([O-])C(F)(F)F.O=S(=O)([O-])C(F)(F)F.[Fe+5]. The molecule has 0 spiro atoms. The predicted molar refractivity (Wildman–Crippen MR) is 80.6 cm³/mol. The maximum absolute atomic E-state index is 10.7. The average Bonchev–Trinajstić information content (AvgIpc) is 2.33. The van der Waals surface area contributed by atoms with Crippen molar-refractivity contribution in [1.82, 2.24) is 0 Å². The molecule has 0 aromatic rings. The molecule has 1 fully saturated rings. The van der Waals surface area contributed by atoms with Crippen LogP contribution in [0.1, 0.15) is 26.2 Å². The van der Waals surface area contributed by atoms with Crippen LogP contribution in [0.3, 0.4) is 0 Å². The number of nitriles is 1. The Balaban J connectivity index is -0.000000149. The van der Waals surface area contributed by atoms with Crippen LogP contribution in [0.15, 0.2) is 0 Å². The summed E-state index contributed by atoms with van der Waals surface area (Å²) in [6.45, 7) is 1.43. The molecule has 1 radical (unpaired) electrons. The van der Waals surface area contributed by atoms with E-state index < -0.39 is 31.3 Å². The Kier molecular flexibility index (Phi) is 17.6. The van der Waals surface area contributed by atoms with E-state index in [-0.39, 0.29) is 35.2 Å². The van der Waals surface area contributed by atoms with E-state index in [1.165, 1.54) is 6.92 Å². The van der Waals surface area contributed by atoms with Crippen LogP contribution in [0, 0.1) is 11.3 Å². The first-order valence-corrected chi connectivity index (χ1v) is 9.53. The van der Waals surface area contributed by atoms with Crippen molar-refractivity contribution < 1.29 is 69.4 Å². The molecular weight excluding hydrogens is 506 g/mol. The molecule has 1 aliphatic rings. The minimum absolute atomic E-state index is 0. The van der Waals surface area contributed by atoms with Crippen molar-refractivity contribution in [3.05, 3.63) is 0 Å². The number of halogens is 6. The van der Waals surface area contributed by atoms with Gasteiger partial charge in [0.25, 0.3) is 0 Å². The second kappa shape index (κ2) is 14.3. The molecule has 1 aliphatic carbocycles. The van der Waals surface area contributed by atoms with Crippen molar-refractivity contribution in [2.24, 2.45) is 17.2 Å². The summed E-state index contributed by atoms with van der Waals surface area (Å²) in [5.74, 6) is 0. The number of hydrogen-bond acceptors (Lipinski definition) is 10. The summed E-state index contributed by atoms with van der Waals surface area (Å²) in [4.78, 5) is 0. The first-order chi connectivity index (χ1) is 12.1. The third-order valence-electron chi connectivity index (χ3n) is 2.38. The van der Waals surface area contributed by atoms with E-state index in [0.29, 0.717) is 0 Å². The standard InChI is InChI=1S/C6H15N3.C2H3N.2CHF3O3S.Fe/c7-4-1-5(8)3-6(9)2-4;1-2-3;2*2-1(3,4)8(5,6)7;/h4-6H,1-3,7-9H2;1H3;2*(H,5,6,7);/q;;;;+5/p-2. The van der Waals surface area contributed by atoms with Gasteiger partial charge in [-0.2, -0.15) is 31.6 Å². The minimum atomic E-state index is -6.09. The summed E-state index contributed by atoms with van der Waals surface area (Å²) in [7, 11) is -12.2. The van der Waals surface area contributed by atoms with Crippen LogP contribution >= 0.6 is 0 Å². The predicted octanol–water partition coefficient (Wildman–Crippen LogP) is -0.218. The molecule has 0 atom stereocenters. The van der Waals surface area contributed by atoms with Gasteiger partial charge in [0.15, 0.2) is 20.2 Å². The Morgan fingerprint density at radius 2 is 0.897 bits per heavy atom. The Morgan fingerprint density at radius 1 is 0.793 bits per heavy atom. The summed E-state index contributed by atoms with van der Waals surface area (Å²) < 4.78 is 118. The molecule has 173 valence electrons. The molecule has 0 aromatic carbocycles. The van der Waals surface area contributed by atoms with Gasteiger partial charge in [0, 0.05) is 25.0 Å². The fraction of sp³-hybridized carbons (Fsp3) is 0.900. The van der Waals surface area contributed by atoms with Gasteiger partial charge in [-0.1, -0.05) is 0 Å². The molecule has 0 bridgehead atoms. The molecule has 0 saturated heterocycles. The van der Waals surface area contributed by atoms with E-state index in [4.69, 9.17) is 48.4 Å². The van der Waals surface area contributed by atoms with E-state index in [1.54, 1.807) is 6.07 Å². The zero-order valence-electron chi connectivity index (χ0n) is 14.4. The molecule has 1 saturated carbocycles. The molecule has 29 heavy (non-hydrogen) atoms. The molecule has 0 heterocycles. The summed E-state index contributed by atoms with van der Waals surface area (Å²) in [6.07, 6.45) is 2.81. The zero-order valence-corrected chi connectivity index (χ0v) is 17.2. The quantitative estimate of drug-likeness (QED) is 0.164. The van der Waals surface area contributed by atoms with E-state index in [9.17, 15) is 26.3 Å². The van der Waals surface area contributed by atoms with Crippen LogP contribution in [0.5, 0.6) is 0 Å². The fourth-order valence-corrected chi connectivity index (χ4v) is 1.46. The first kappa shape index (κ1) is 35.7. The van der Waals surface area contributed by atoms with Crippen LogP contribution in [-0.4, -0.2) is 55.1 Å². The zero-order chi connectivity index (χ0) is 23.6. The molecule has 19 heteroatoms. The number of rotatable bonds is 0.